The van der Waals surface area contributed by atoms with E-state index in [0.717, 1.165) is 47.3 Å². The van der Waals surface area contributed by atoms with Crippen LogP contribution in [0.15, 0.2) is 91.1 Å². The minimum Gasteiger partial charge on any atom is -0.343 e. The van der Waals surface area contributed by atoms with Gasteiger partial charge in [-0.25, -0.2) is 0 Å². The number of nitro groups is 2. The lowest BCUT2D eigenvalue weighted by Crippen LogP contribution is -2.43. The zero-order valence-corrected chi connectivity index (χ0v) is 26.6. The number of carbonyl (C=O) groups excluding carboxylic acids is 2. The minimum atomic E-state index is -4.48. The molecule has 1 aromatic heterocycles. The van der Waals surface area contributed by atoms with Gasteiger partial charge in [-0.05, 0) is 47.9 Å². The van der Waals surface area contributed by atoms with Crippen LogP contribution in [0.2, 0.25) is 10.0 Å². The van der Waals surface area contributed by atoms with Crippen LogP contribution in [0.5, 0.6) is 0 Å². The number of ketones is 1. The molecule has 10 nitrogen and oxygen atoms in total. The molecule has 0 radical (unpaired) electrons. The summed E-state index contributed by atoms with van der Waals surface area (Å²) in [6, 6.07) is 17.7. The summed E-state index contributed by atoms with van der Waals surface area (Å²) in [6.45, 7) is 0.287. The number of fused-ring (bicyclic) bond motifs is 1. The number of Topliss-reactive ketones (excluding diaryl/α,β-unsaturated/α-hetero) is 1. The summed E-state index contributed by atoms with van der Waals surface area (Å²) in [4.78, 5) is 51.0. The molecule has 0 bridgehead atoms. The lowest BCUT2D eigenvalue weighted by molar-refractivity contribution is -0.385. The number of carbonyl (C=O) groups is 2. The molecule has 1 aliphatic rings. The summed E-state index contributed by atoms with van der Waals surface area (Å²) in [5, 5.41) is 23.0. The van der Waals surface area contributed by atoms with Crippen molar-refractivity contribution in [3.63, 3.8) is 0 Å². The Labute approximate surface area is 285 Å². The molecule has 1 aliphatic heterocycles. The van der Waals surface area contributed by atoms with Crippen LogP contribution in [-0.4, -0.2) is 43.6 Å². The van der Waals surface area contributed by atoms with Crippen LogP contribution in [0.1, 0.15) is 49.7 Å². The van der Waals surface area contributed by atoms with E-state index in [1.165, 1.54) is 29.2 Å². The van der Waals surface area contributed by atoms with E-state index >= 15 is 0 Å². The second-order valence-electron chi connectivity index (χ2n) is 11.5. The maximum Gasteiger partial charge on any atom is 0.416 e. The van der Waals surface area contributed by atoms with Crippen LogP contribution < -0.4 is 0 Å². The van der Waals surface area contributed by atoms with Crippen molar-refractivity contribution in [3.05, 3.63) is 149 Å². The molecule has 49 heavy (non-hydrogen) atoms. The molecular weight excluding hydrogens is 688 g/mol. The lowest BCUT2D eigenvalue weighted by Gasteiger charge is -2.28. The first-order valence-electron chi connectivity index (χ1n) is 14.7. The fraction of sp³-hybridized carbons (Fsp3) is 0.176. The molecule has 1 amide bonds. The molecule has 0 saturated carbocycles. The van der Waals surface area contributed by atoms with Crippen molar-refractivity contribution in [3.8, 4) is 0 Å². The van der Waals surface area contributed by atoms with Crippen LogP contribution in [0, 0.1) is 20.2 Å². The van der Waals surface area contributed by atoms with Crippen LogP contribution >= 0.6 is 23.2 Å². The average molecular weight is 711 g/mol. The number of likely N-dealkylation sites (tertiary alicyclic amines) is 1. The van der Waals surface area contributed by atoms with Gasteiger partial charge in [-0.15, -0.1) is 0 Å². The highest BCUT2D eigenvalue weighted by molar-refractivity contribution is 6.35. The van der Waals surface area contributed by atoms with Crippen molar-refractivity contribution < 1.29 is 32.6 Å². The topological polar surface area (TPSA) is 129 Å². The number of benzene rings is 4. The van der Waals surface area contributed by atoms with Crippen LogP contribution in [0.4, 0.5) is 24.5 Å². The van der Waals surface area contributed by atoms with Gasteiger partial charge >= 0.3 is 6.18 Å². The fourth-order valence-electron chi connectivity index (χ4n) is 6.29. The predicted octanol–water partition coefficient (Wildman–Crippen LogP) is 8.71. The highest BCUT2D eigenvalue weighted by atomic mass is 35.5. The second kappa shape index (κ2) is 13.0. The summed E-state index contributed by atoms with van der Waals surface area (Å²) >= 11 is 12.7. The third-order valence-corrected chi connectivity index (χ3v) is 9.23. The van der Waals surface area contributed by atoms with Gasteiger partial charge in [0.25, 0.3) is 17.3 Å². The summed E-state index contributed by atoms with van der Waals surface area (Å²) in [5.41, 5.74) is 0.471. The van der Waals surface area contributed by atoms with Crippen LogP contribution in [-0.2, 0) is 12.7 Å². The van der Waals surface area contributed by atoms with E-state index in [2.05, 4.69) is 0 Å². The molecule has 0 spiro atoms. The number of non-ortho nitro benzene ring substituents is 2. The largest absolute Gasteiger partial charge is 0.416 e. The van der Waals surface area contributed by atoms with Gasteiger partial charge in [0.15, 0.2) is 5.78 Å². The molecule has 2 unspecified atom stereocenters. The van der Waals surface area contributed by atoms with Crippen molar-refractivity contribution in [2.75, 3.05) is 6.54 Å². The van der Waals surface area contributed by atoms with E-state index in [-0.39, 0.29) is 45.6 Å². The number of aromatic nitrogens is 1. The third-order valence-electron chi connectivity index (χ3n) is 8.60. The van der Waals surface area contributed by atoms with Gasteiger partial charge in [0.05, 0.1) is 31.0 Å². The zero-order valence-electron chi connectivity index (χ0n) is 25.1. The molecule has 2 atom stereocenters. The Morgan fingerprint density at radius 3 is 2.00 bits per heavy atom. The Balaban J connectivity index is 1.43. The molecule has 1 saturated heterocycles. The molecule has 5 aromatic rings. The van der Waals surface area contributed by atoms with Crippen molar-refractivity contribution in [1.29, 1.82) is 0 Å². The number of halogens is 5. The van der Waals surface area contributed by atoms with Crippen molar-refractivity contribution in [2.45, 2.75) is 31.1 Å². The Kier molecular flexibility index (Phi) is 8.90. The molecule has 15 heteroatoms. The molecule has 1 fully saturated rings. The van der Waals surface area contributed by atoms with E-state index in [4.69, 9.17) is 23.2 Å². The Morgan fingerprint density at radius 2 is 1.43 bits per heavy atom. The third kappa shape index (κ3) is 6.46. The summed E-state index contributed by atoms with van der Waals surface area (Å²) < 4.78 is 41.4. The molecule has 250 valence electrons. The molecule has 4 aromatic carbocycles. The monoisotopic (exact) mass is 710 g/mol. The smallest absolute Gasteiger partial charge is 0.343 e. The van der Waals surface area contributed by atoms with Crippen molar-refractivity contribution in [1.82, 2.24) is 9.47 Å². The number of hydrogen-bond donors (Lipinski definition) is 0. The number of alkyl halides is 3. The van der Waals surface area contributed by atoms with Crippen molar-refractivity contribution >= 4 is 57.2 Å². The van der Waals surface area contributed by atoms with Gasteiger partial charge in [0.2, 0.25) is 0 Å². The fourth-order valence-corrected chi connectivity index (χ4v) is 6.81. The van der Waals surface area contributed by atoms with Gasteiger partial charge in [0, 0.05) is 65.9 Å². The maximum absolute atomic E-state index is 14.4. The van der Waals surface area contributed by atoms with E-state index < -0.39 is 45.2 Å². The van der Waals surface area contributed by atoms with Crippen molar-refractivity contribution in [2.24, 2.45) is 0 Å². The quantitative estimate of drug-likeness (QED) is 0.0900. The van der Waals surface area contributed by atoms with E-state index in [9.17, 15) is 43.0 Å². The van der Waals surface area contributed by atoms with Gasteiger partial charge in [-0.2, -0.15) is 13.2 Å². The first-order valence-corrected chi connectivity index (χ1v) is 15.5. The molecule has 6 rings (SSSR count). The second-order valence-corrected chi connectivity index (χ2v) is 12.3. The molecule has 0 aliphatic carbocycles. The highest BCUT2D eigenvalue weighted by Gasteiger charge is 2.45. The van der Waals surface area contributed by atoms with Crippen LogP contribution in [0.3, 0.4) is 0 Å². The zero-order chi connectivity index (χ0) is 35.2. The summed E-state index contributed by atoms with van der Waals surface area (Å²) in [5.74, 6) is -1.88. The van der Waals surface area contributed by atoms with Crippen LogP contribution in [0.25, 0.3) is 10.9 Å². The van der Waals surface area contributed by atoms with Gasteiger partial charge in [-0.1, -0.05) is 53.5 Å². The normalized spacial score (nSPS) is 16.2. The predicted molar refractivity (Wildman–Crippen MR) is 175 cm³/mol. The summed E-state index contributed by atoms with van der Waals surface area (Å²) in [6.07, 6.45) is -2.38. The minimum absolute atomic E-state index is 0.0507. The average Bonchev–Trinajstić information content (AvgIpc) is 3.66. The number of nitrogens with zero attached hydrogens (tertiary/aromatic N) is 4. The van der Waals surface area contributed by atoms with E-state index in [1.54, 1.807) is 18.3 Å². The standard InChI is InChI=1S/C34H23Cl2F3N4O6/c35-28-15-21(42(46)47)9-11-25(28)32(44)31-24(13-14-41(31)33(45)26-12-10-22(43(48)49)16-29(26)36)27-18-40(30-4-2-1-3-23(27)30)17-19-5-7-20(8-6-19)34(37,38)39/h1-12,15-16,18,24,31H,13-14,17H2. The Hall–Kier alpha value is -5.27. The molecule has 2 heterocycles. The lowest BCUT2D eigenvalue weighted by atomic mass is 9.86. The first kappa shape index (κ1) is 33.6. The van der Waals surface area contributed by atoms with E-state index in [0.29, 0.717) is 17.5 Å². The van der Waals surface area contributed by atoms with E-state index in [1.807, 2.05) is 16.7 Å². The first-order chi connectivity index (χ1) is 23.2. The number of nitro benzene ring substituents is 2. The number of hydrogen-bond acceptors (Lipinski definition) is 6. The molecule has 0 N–H and O–H groups in total. The number of rotatable bonds is 8. The Bertz CT molecular complexity index is 2150. The summed E-state index contributed by atoms with van der Waals surface area (Å²) in [7, 11) is 0. The SMILES string of the molecule is O=C(c1ccc([N+](=O)[O-])cc1Cl)C1C(c2cn(Cc3ccc(C(F)(F)F)cc3)c3ccccc23)CCN1C(=O)c1ccc([N+](=O)[O-])cc1Cl. The molecular formula is C34H23Cl2F3N4O6. The Morgan fingerprint density at radius 1 is 0.837 bits per heavy atom. The number of amides is 1. The van der Waals surface area contributed by atoms with Gasteiger partial charge in [0.1, 0.15) is 6.04 Å². The highest BCUT2D eigenvalue weighted by Crippen LogP contribution is 2.42. The van der Waals surface area contributed by atoms with Gasteiger partial charge < -0.3 is 9.47 Å². The van der Waals surface area contributed by atoms with Gasteiger partial charge in [-0.3, -0.25) is 29.8 Å². The number of para-hydroxylation sites is 1. The maximum atomic E-state index is 14.4.